The molecule has 4 nitrogen and oxygen atoms in total. The maximum Gasteiger partial charge on any atom is 0.174 e. The Morgan fingerprint density at radius 2 is 1.40 bits per heavy atom. The third-order valence-electron chi connectivity index (χ3n) is 8.97. The van der Waals surface area contributed by atoms with Crippen LogP contribution in [0.25, 0.3) is 16.7 Å². The molecule has 4 aromatic rings. The number of para-hydroxylation sites is 1. The minimum Gasteiger partial charge on any atom is -0.383 e. The molecule has 1 aliphatic carbocycles. The van der Waals surface area contributed by atoms with Gasteiger partial charge >= 0.3 is 0 Å². The molecule has 3 unspecified atom stereocenters. The lowest BCUT2D eigenvalue weighted by Crippen LogP contribution is -2.52. The number of fused-ring (bicyclic) bond motifs is 4. The summed E-state index contributed by atoms with van der Waals surface area (Å²) in [6.07, 6.45) is 5.45. The summed E-state index contributed by atoms with van der Waals surface area (Å²) in [5.74, 6) is -0.154. The number of hydrogen-bond acceptors (Lipinski definition) is 4. The summed E-state index contributed by atoms with van der Waals surface area (Å²) in [6.45, 7) is 8.72. The molecule has 0 saturated carbocycles. The Balaban J connectivity index is 1.44. The number of benzene rings is 4. The van der Waals surface area contributed by atoms with E-state index >= 15 is 0 Å². The van der Waals surface area contributed by atoms with Crippen molar-refractivity contribution in [3.63, 3.8) is 0 Å². The van der Waals surface area contributed by atoms with E-state index in [4.69, 9.17) is 0 Å². The number of aliphatic hydroxyl groups is 1. The van der Waals surface area contributed by atoms with Gasteiger partial charge in [-0.1, -0.05) is 97.1 Å². The SMILES string of the molecule is CC(C)N1c2cc3c(cc2C(O)c2cccc(-c4ccccc4)c21)N(C(C)C)C1C(c2ccccc2)=CC=CC1C3=O. The Hall–Kier alpha value is -4.41. The quantitative estimate of drug-likeness (QED) is 0.276. The monoisotopic (exact) mass is 552 g/mol. The fraction of sp³-hybridized carbons (Fsp3) is 0.237. The molecule has 0 aromatic heterocycles. The topological polar surface area (TPSA) is 43.8 Å². The minimum atomic E-state index is -0.809. The zero-order chi connectivity index (χ0) is 29.1. The summed E-state index contributed by atoms with van der Waals surface area (Å²) in [5.41, 5.74) is 9.72. The van der Waals surface area contributed by atoms with Crippen molar-refractivity contribution in [2.75, 3.05) is 9.80 Å². The van der Waals surface area contributed by atoms with Crippen molar-refractivity contribution < 1.29 is 9.90 Å². The number of ketones is 1. The maximum atomic E-state index is 14.4. The van der Waals surface area contributed by atoms with Crippen LogP contribution in [0.4, 0.5) is 17.1 Å². The van der Waals surface area contributed by atoms with Gasteiger partial charge in [0.2, 0.25) is 0 Å². The molecular formula is C38H36N2O2. The van der Waals surface area contributed by atoms with Gasteiger partial charge in [0.1, 0.15) is 6.10 Å². The number of aliphatic hydroxyl groups excluding tert-OH is 1. The smallest absolute Gasteiger partial charge is 0.174 e. The van der Waals surface area contributed by atoms with Crippen LogP contribution < -0.4 is 9.80 Å². The van der Waals surface area contributed by atoms with Crippen molar-refractivity contribution in [3.05, 3.63) is 131 Å². The van der Waals surface area contributed by atoms with E-state index in [1.807, 2.05) is 42.5 Å². The first-order valence-electron chi connectivity index (χ1n) is 15.0. The van der Waals surface area contributed by atoms with Crippen LogP contribution in [0.1, 0.15) is 60.8 Å². The highest BCUT2D eigenvalue weighted by Crippen LogP contribution is 2.53. The molecule has 210 valence electrons. The first-order valence-corrected chi connectivity index (χ1v) is 15.0. The van der Waals surface area contributed by atoms with Crippen LogP contribution in [0, 0.1) is 5.92 Å². The summed E-state index contributed by atoms with van der Waals surface area (Å²) in [4.78, 5) is 19.1. The number of Topliss-reactive ketones (excluding diaryl/α,β-unsaturated/α-hetero) is 1. The van der Waals surface area contributed by atoms with E-state index in [1.165, 1.54) is 0 Å². The Labute approximate surface area is 248 Å². The normalized spacial score (nSPS) is 20.7. The summed E-state index contributed by atoms with van der Waals surface area (Å²) in [6, 6.07) is 31.2. The molecule has 3 atom stereocenters. The largest absolute Gasteiger partial charge is 0.383 e. The van der Waals surface area contributed by atoms with Crippen molar-refractivity contribution in [2.24, 2.45) is 5.92 Å². The van der Waals surface area contributed by atoms with Gasteiger partial charge in [0.05, 0.1) is 17.6 Å². The highest BCUT2D eigenvalue weighted by molar-refractivity contribution is 6.10. The van der Waals surface area contributed by atoms with Gasteiger partial charge < -0.3 is 14.9 Å². The Kier molecular flexibility index (Phi) is 6.40. The van der Waals surface area contributed by atoms with Gasteiger partial charge in [0.25, 0.3) is 0 Å². The summed E-state index contributed by atoms with van der Waals surface area (Å²) >= 11 is 0. The second-order valence-corrected chi connectivity index (χ2v) is 12.1. The molecule has 0 fully saturated rings. The van der Waals surface area contributed by atoms with Gasteiger partial charge in [-0.15, -0.1) is 0 Å². The Morgan fingerprint density at radius 3 is 2.07 bits per heavy atom. The molecule has 42 heavy (non-hydrogen) atoms. The summed E-state index contributed by atoms with van der Waals surface area (Å²) in [7, 11) is 0. The van der Waals surface area contributed by atoms with Gasteiger partial charge in [0.15, 0.2) is 5.78 Å². The van der Waals surface area contributed by atoms with E-state index in [-0.39, 0.29) is 29.8 Å². The lowest BCUT2D eigenvalue weighted by atomic mass is 9.75. The fourth-order valence-electron chi connectivity index (χ4n) is 7.21. The van der Waals surface area contributed by atoms with Gasteiger partial charge in [-0.2, -0.15) is 0 Å². The van der Waals surface area contributed by atoms with Gasteiger partial charge in [-0.3, -0.25) is 4.79 Å². The molecule has 7 rings (SSSR count). The Morgan fingerprint density at radius 1 is 0.714 bits per heavy atom. The predicted molar refractivity (Wildman–Crippen MR) is 172 cm³/mol. The third kappa shape index (κ3) is 3.97. The van der Waals surface area contributed by atoms with E-state index in [9.17, 15) is 9.90 Å². The predicted octanol–water partition coefficient (Wildman–Crippen LogP) is 8.34. The van der Waals surface area contributed by atoms with E-state index in [2.05, 4.69) is 104 Å². The van der Waals surface area contributed by atoms with Crippen molar-refractivity contribution in [2.45, 2.75) is 51.9 Å². The second-order valence-electron chi connectivity index (χ2n) is 12.1. The number of carbonyl (C=O) groups excluding carboxylic acids is 1. The second kappa shape index (κ2) is 10.1. The van der Waals surface area contributed by atoms with E-state index in [1.54, 1.807) is 0 Å². The molecule has 0 amide bonds. The van der Waals surface area contributed by atoms with Crippen LogP contribution in [0.2, 0.25) is 0 Å². The number of anilines is 3. The highest BCUT2D eigenvalue weighted by Gasteiger charge is 2.45. The number of rotatable bonds is 4. The average Bonchev–Trinajstić information content (AvgIpc) is 3.01. The minimum absolute atomic E-state index is 0.104. The molecule has 0 saturated heterocycles. The third-order valence-corrected chi connectivity index (χ3v) is 8.97. The summed E-state index contributed by atoms with van der Waals surface area (Å²) in [5, 5.41) is 12.0. The average molecular weight is 553 g/mol. The van der Waals surface area contributed by atoms with Gasteiger partial charge in [0, 0.05) is 45.7 Å². The van der Waals surface area contributed by atoms with Crippen LogP contribution >= 0.6 is 0 Å². The molecule has 2 heterocycles. The zero-order valence-electron chi connectivity index (χ0n) is 24.5. The molecule has 4 heteroatoms. The molecule has 0 radical (unpaired) electrons. The number of nitrogens with zero attached hydrogens (tertiary/aromatic N) is 2. The Bertz CT molecular complexity index is 1740. The van der Waals surface area contributed by atoms with Crippen molar-refractivity contribution >= 4 is 28.4 Å². The van der Waals surface area contributed by atoms with Crippen LogP contribution in [-0.2, 0) is 0 Å². The lowest BCUT2D eigenvalue weighted by molar-refractivity contribution is 0.0928. The van der Waals surface area contributed by atoms with Gasteiger partial charge in [-0.05, 0) is 56.5 Å². The molecule has 3 aliphatic rings. The standard InChI is InChI=1S/C38H36N2O2/c1-23(2)39-33-21-32-34(22-31(33)37(41)29-19-11-17-27(35(29)39)25-13-7-5-8-14-25)40(24(3)4)36-28(26-15-9-6-10-16-26)18-12-20-30(36)38(32)42/h5-24,29,35,38,42H,1-4H3. The first-order chi connectivity index (χ1) is 20.4. The van der Waals surface area contributed by atoms with E-state index < -0.39 is 6.10 Å². The first kappa shape index (κ1) is 26.5. The zero-order valence-corrected chi connectivity index (χ0v) is 24.5. The fourth-order valence-corrected chi connectivity index (χ4v) is 7.21. The van der Waals surface area contributed by atoms with Crippen LogP contribution in [0.15, 0.2) is 109 Å². The van der Waals surface area contributed by atoms with Gasteiger partial charge in [-0.25, -0.2) is 0 Å². The molecule has 1 N–H and O–H groups in total. The number of carbonyl (C=O) groups is 1. The molecule has 0 spiro atoms. The number of allylic oxidation sites excluding steroid dienone is 2. The number of hydrogen-bond donors (Lipinski definition) is 1. The van der Waals surface area contributed by atoms with Crippen LogP contribution in [-0.4, -0.2) is 29.0 Å². The summed E-state index contributed by atoms with van der Waals surface area (Å²) < 4.78 is 0. The maximum absolute atomic E-state index is 14.4. The van der Waals surface area contributed by atoms with Crippen LogP contribution in [0.3, 0.4) is 0 Å². The van der Waals surface area contributed by atoms with E-state index in [0.717, 1.165) is 56.0 Å². The van der Waals surface area contributed by atoms with Crippen molar-refractivity contribution in [1.29, 1.82) is 0 Å². The molecular weight excluding hydrogens is 516 g/mol. The molecule has 0 bridgehead atoms. The molecule has 2 aliphatic heterocycles. The van der Waals surface area contributed by atoms with Crippen LogP contribution in [0.5, 0.6) is 0 Å². The van der Waals surface area contributed by atoms with Crippen molar-refractivity contribution in [3.8, 4) is 11.1 Å². The van der Waals surface area contributed by atoms with Crippen molar-refractivity contribution in [1.82, 2.24) is 0 Å². The highest BCUT2D eigenvalue weighted by atomic mass is 16.3. The lowest BCUT2D eigenvalue weighted by Gasteiger charge is -2.48. The molecule has 4 aromatic carbocycles. The van der Waals surface area contributed by atoms with E-state index in [0.29, 0.717) is 0 Å².